The van der Waals surface area contributed by atoms with Gasteiger partial charge >= 0.3 is 48.3 Å². The number of halogens is 8. The highest BCUT2D eigenvalue weighted by atomic mass is 35.5. The van der Waals surface area contributed by atoms with Gasteiger partial charge < -0.3 is 48.2 Å². The first-order valence-electron chi connectivity index (χ1n) is 26.2. The van der Waals surface area contributed by atoms with Gasteiger partial charge in [-0.25, -0.2) is 50.4 Å². The molecule has 534 valence electrons. The minimum absolute atomic E-state index is 0.0246. The van der Waals surface area contributed by atoms with E-state index in [4.69, 9.17) is 62.0 Å². The van der Waals surface area contributed by atoms with Gasteiger partial charge in [0.15, 0.2) is 21.0 Å². The number of carbonyl (C=O) groups is 5. The fourth-order valence-electron chi connectivity index (χ4n) is 6.28. The quantitative estimate of drug-likeness (QED) is 0.0156. The number of methoxy groups -OCH3 is 3. The highest BCUT2D eigenvalue weighted by Gasteiger charge is 2.33. The van der Waals surface area contributed by atoms with E-state index >= 15 is 0 Å². The lowest BCUT2D eigenvalue weighted by atomic mass is 10.1. The molecular weight excluding hydrogens is 1460 g/mol. The van der Waals surface area contributed by atoms with E-state index in [-0.39, 0.29) is 73.9 Å². The molecule has 0 aliphatic rings. The summed E-state index contributed by atoms with van der Waals surface area (Å²) in [5, 5.41) is 21.9. The smallest absolute Gasteiger partial charge is 0.416 e. The molecule has 0 aliphatic carbocycles. The molecule has 4 amide bonds. The second-order valence-electron chi connectivity index (χ2n) is 18.6. The Bertz CT molecular complexity index is 4110. The molecule has 3 aromatic heterocycles. The number of carboxylic acids is 2. The number of carboxylic acid groups (broad SMARTS) is 2. The van der Waals surface area contributed by atoms with Crippen LogP contribution in [-0.2, 0) is 72.3 Å². The Labute approximate surface area is 562 Å². The van der Waals surface area contributed by atoms with E-state index < -0.39 is 132 Å². The average Bonchev–Trinajstić information content (AvgIpc) is 0.806. The van der Waals surface area contributed by atoms with Crippen LogP contribution in [0.4, 0.5) is 47.8 Å². The Hall–Kier alpha value is -8.48. The summed E-state index contributed by atoms with van der Waals surface area (Å²) in [6.07, 6.45) is -5.18. The second kappa shape index (κ2) is 37.9. The molecule has 0 saturated heterocycles. The summed E-state index contributed by atoms with van der Waals surface area (Å²) in [5.74, 6) is -4.13. The first-order valence-corrected chi connectivity index (χ1v) is 35.8. The van der Waals surface area contributed by atoms with Crippen LogP contribution < -0.4 is 49.2 Å². The number of nitrogens with zero attached hydrogens (tertiary/aromatic N) is 6. The SMILES string of the molecule is CCS(=O)(=O)c1cccnc1S(=O)(=O)NC(=O)Nc1nc(OC)cc(OC)n1.COc1nc(C)nc(NC(=O)NS(=O)(=O)c2ccccc2CCC(F)(F)F)n1.C[C@H](OC(=O)c1cc(Oc2ccc(C(F)(F)F)cc2Cl)ccc1Cl)C(=O)O.C[S+](C)C.O=C(O)CNCP(=O)([O-])O. The van der Waals surface area contributed by atoms with Gasteiger partial charge in [-0.2, -0.15) is 59.7 Å². The van der Waals surface area contributed by atoms with Crippen molar-refractivity contribution in [3.05, 3.63) is 118 Å². The van der Waals surface area contributed by atoms with E-state index in [1.54, 1.807) is 9.44 Å². The molecule has 0 fully saturated rings. The maximum absolute atomic E-state index is 12.7. The summed E-state index contributed by atoms with van der Waals surface area (Å²) in [6.45, 7) is 3.54. The first kappa shape index (κ1) is 84.6. The van der Waals surface area contributed by atoms with Crippen LogP contribution in [0.1, 0.15) is 47.6 Å². The van der Waals surface area contributed by atoms with Crippen molar-refractivity contribution in [3.8, 4) is 29.3 Å². The highest BCUT2D eigenvalue weighted by molar-refractivity contribution is 7.94. The number of aliphatic carboxylic acids is 2. The first-order chi connectivity index (χ1) is 44.8. The second-order valence-corrected chi connectivity index (χ2v) is 29.0. The van der Waals surface area contributed by atoms with Crippen LogP contribution in [0, 0.1) is 6.92 Å². The zero-order valence-electron chi connectivity index (χ0n) is 51.7. The molecule has 6 aromatic rings. The predicted octanol–water partition coefficient (Wildman–Crippen LogP) is 6.48. The molecule has 1 unspecified atom stereocenters. The lowest BCUT2D eigenvalue weighted by Gasteiger charge is -2.14. The fourth-order valence-corrected chi connectivity index (χ4v) is 10.8. The summed E-state index contributed by atoms with van der Waals surface area (Å²) in [5.41, 5.74) is -1.19. The predicted molar refractivity (Wildman–Crippen MR) is 334 cm³/mol. The third-order valence-electron chi connectivity index (χ3n) is 10.4. The van der Waals surface area contributed by atoms with Gasteiger partial charge in [-0.3, -0.25) is 20.7 Å². The number of benzene rings is 3. The summed E-state index contributed by atoms with van der Waals surface area (Å²) in [7, 11) is -12.7. The van der Waals surface area contributed by atoms with Gasteiger partial charge in [0, 0.05) is 12.6 Å². The number of anilines is 2. The van der Waals surface area contributed by atoms with Gasteiger partial charge in [0.05, 0.1) is 90.8 Å². The molecule has 97 heavy (non-hydrogen) atoms. The molecule has 45 heteroatoms. The van der Waals surface area contributed by atoms with E-state index in [9.17, 15) is 85.0 Å². The zero-order valence-corrected chi connectivity index (χ0v) is 57.3. The third kappa shape index (κ3) is 31.1. The van der Waals surface area contributed by atoms with E-state index in [1.807, 2.05) is 5.32 Å². The normalized spacial score (nSPS) is 12.2. The molecule has 2 atom stereocenters. The molecule has 6 rings (SSSR count). The number of rotatable bonds is 22. The third-order valence-corrected chi connectivity index (χ3v) is 16.3. The van der Waals surface area contributed by atoms with Crippen LogP contribution in [0.3, 0.4) is 0 Å². The number of carbonyl (C=O) groups excluding carboxylic acids is 3. The number of sulfone groups is 1. The molecule has 8 N–H and O–H groups in total. The van der Waals surface area contributed by atoms with Crippen LogP contribution in [0.25, 0.3) is 0 Å². The van der Waals surface area contributed by atoms with Crippen molar-refractivity contribution in [2.45, 2.75) is 66.9 Å². The van der Waals surface area contributed by atoms with Crippen LogP contribution in [0.15, 0.2) is 99.9 Å². The maximum Gasteiger partial charge on any atom is 0.416 e. The lowest BCUT2D eigenvalue weighted by molar-refractivity contribution is -0.193. The maximum atomic E-state index is 12.7. The number of alkyl halides is 6. The minimum atomic E-state index is -4.61. The van der Waals surface area contributed by atoms with Crippen molar-refractivity contribution in [1.82, 2.24) is 44.7 Å². The Morgan fingerprint density at radius 3 is 1.79 bits per heavy atom. The van der Waals surface area contributed by atoms with Gasteiger partial charge in [-0.05, 0) is 91.3 Å². The topological polar surface area (TPSA) is 472 Å². The molecular formula is C52H60Cl2F6N11O21PS4. The molecule has 0 aliphatic heterocycles. The molecule has 3 heterocycles. The molecule has 3 aromatic carbocycles. The fraction of sp³-hybridized carbons (Fsp3) is 0.327. The van der Waals surface area contributed by atoms with Gasteiger partial charge in [0.1, 0.15) is 29.8 Å². The van der Waals surface area contributed by atoms with Crippen LogP contribution in [0.2, 0.25) is 10.0 Å². The van der Waals surface area contributed by atoms with Crippen molar-refractivity contribution < 1.29 is 124 Å². The number of sulfonamides is 2. The molecule has 0 bridgehead atoms. The highest BCUT2D eigenvalue weighted by Crippen LogP contribution is 2.37. The van der Waals surface area contributed by atoms with Gasteiger partial charge in [0.25, 0.3) is 20.0 Å². The van der Waals surface area contributed by atoms with E-state index in [2.05, 4.69) is 59.3 Å². The number of nitrogens with one attached hydrogen (secondary N) is 5. The number of urea groups is 2. The van der Waals surface area contributed by atoms with Gasteiger partial charge in [-0.1, -0.05) is 48.3 Å². The van der Waals surface area contributed by atoms with Crippen molar-refractivity contribution >= 4 is 113 Å². The van der Waals surface area contributed by atoms with Crippen molar-refractivity contribution in [2.24, 2.45) is 0 Å². The molecule has 0 radical (unpaired) electrons. The number of ether oxygens (including phenoxy) is 5. The number of pyridine rings is 1. The summed E-state index contributed by atoms with van der Waals surface area (Å²) >= 11 is 11.7. The standard InChI is InChI=1S/C17H11Cl2F3O5.C15H16F3N5O4S.C14H17N5O7S2.C3H8NO5P.C3H9S/c1-8(15(23)24)26-16(25)11-7-10(3-4-12(11)18)27-14-5-2-9(6-13(14)19)17(20,21)22;1-9-19-12(22-14(20-9)27-2)21-13(24)23-28(25,26)11-6-4-3-5-10(11)7-8-15(16,17)18;1-4-27(21,22)9-6-5-7-15-12(9)28(23,24)19-14(20)18-13-16-10(25-2)8-11(17-13)26-3;5-3(6)1-4-2-10(7,8)9;1-4(2)3/h2-8H,1H3,(H,23,24);3-6H,7-8H2,1-2H3,(H2,19,20,21,22,23,24);5-8H,4H2,1-3H3,(H2,16,17,18,19,20);4H,1-2H2,(H,5,6)(H2,7,8,9);1-3H3/q;;;;+1/p-1/t8-;;;;/m0..../s1. The monoisotopic (exact) mass is 1520 g/mol. The van der Waals surface area contributed by atoms with E-state index in [1.165, 1.54) is 77.6 Å². The lowest BCUT2D eigenvalue weighted by Crippen LogP contribution is -2.36. The Morgan fingerprint density at radius 2 is 1.29 bits per heavy atom. The number of aryl methyl sites for hydroxylation is 2. The van der Waals surface area contributed by atoms with Gasteiger partial charge in [0.2, 0.25) is 23.7 Å². The largest absolute Gasteiger partial charge is 0.778 e. The van der Waals surface area contributed by atoms with Crippen LogP contribution in [0.5, 0.6) is 29.3 Å². The number of hydrogen-bond acceptors (Lipinski definition) is 25. The number of aromatic nitrogens is 6. The molecule has 32 nitrogen and oxygen atoms in total. The average molecular weight is 1520 g/mol. The number of hydrogen-bond donors (Lipinski definition) is 8. The van der Waals surface area contributed by atoms with Crippen molar-refractivity contribution in [1.29, 1.82) is 0 Å². The molecule has 0 spiro atoms. The summed E-state index contributed by atoms with van der Waals surface area (Å²) < 4.78 is 187. The van der Waals surface area contributed by atoms with Crippen molar-refractivity contribution in [3.63, 3.8) is 0 Å². The Morgan fingerprint density at radius 1 is 0.732 bits per heavy atom. The zero-order chi connectivity index (χ0) is 74.0. The van der Waals surface area contributed by atoms with Gasteiger partial charge in [-0.15, -0.1) is 0 Å². The van der Waals surface area contributed by atoms with Crippen LogP contribution >= 0.6 is 30.8 Å². The Balaban J connectivity index is 0.000000450. The summed E-state index contributed by atoms with van der Waals surface area (Å²) in [6, 6.07) is 12.6. The number of esters is 1. The van der Waals surface area contributed by atoms with Crippen molar-refractivity contribution in [2.75, 3.05) is 69.3 Å². The summed E-state index contributed by atoms with van der Waals surface area (Å²) in [4.78, 5) is 96.3. The molecule has 0 saturated carbocycles. The van der Waals surface area contributed by atoms with Crippen LogP contribution in [-0.4, -0.2) is 171 Å². The Kier molecular flexibility index (Phi) is 33.0. The van der Waals surface area contributed by atoms with E-state index in [0.717, 1.165) is 43.5 Å². The minimum Gasteiger partial charge on any atom is -0.778 e. The van der Waals surface area contributed by atoms with E-state index in [0.29, 0.717) is 17.0 Å². The number of amides is 4.